The third kappa shape index (κ3) is 4.22. The lowest BCUT2D eigenvalue weighted by atomic mass is 10.0. The van der Waals surface area contributed by atoms with Gasteiger partial charge in [-0.1, -0.05) is 30.3 Å². The van der Waals surface area contributed by atoms with Gasteiger partial charge in [0.15, 0.2) is 5.11 Å². The number of anilines is 1. The van der Waals surface area contributed by atoms with E-state index >= 15 is 0 Å². The molecule has 0 atom stereocenters. The highest BCUT2D eigenvalue weighted by molar-refractivity contribution is 7.80. The number of ether oxygens (including phenoxy) is 1. The highest BCUT2D eigenvalue weighted by Crippen LogP contribution is 2.27. The molecule has 1 N–H and O–H groups in total. The van der Waals surface area contributed by atoms with E-state index in [9.17, 15) is 14.0 Å². The Labute approximate surface area is 183 Å². The van der Waals surface area contributed by atoms with E-state index in [-0.39, 0.29) is 10.7 Å². The van der Waals surface area contributed by atoms with Crippen molar-refractivity contribution < 1.29 is 18.7 Å². The van der Waals surface area contributed by atoms with Crippen LogP contribution < -0.4 is 15.0 Å². The second kappa shape index (κ2) is 8.49. The Hall–Kier alpha value is -3.84. The molecule has 0 aliphatic carbocycles. The predicted octanol–water partition coefficient (Wildman–Crippen LogP) is 4.76. The lowest BCUT2D eigenvalue weighted by molar-refractivity contribution is -0.122. The monoisotopic (exact) mass is 432 g/mol. The Morgan fingerprint density at radius 2 is 1.61 bits per heavy atom. The molecule has 4 rings (SSSR count). The van der Waals surface area contributed by atoms with Crippen molar-refractivity contribution in [3.05, 3.63) is 95.3 Å². The SMILES string of the molecule is Cc1c(F)cccc1/C=C1\C(=O)NC(=S)N(c2ccc(Oc3ccccc3)cc2)C1=O. The van der Waals surface area contributed by atoms with Crippen LogP contribution in [0.2, 0.25) is 0 Å². The normalized spacial score (nSPS) is 15.2. The minimum atomic E-state index is -0.626. The van der Waals surface area contributed by atoms with E-state index in [1.807, 2.05) is 30.3 Å². The highest BCUT2D eigenvalue weighted by atomic mass is 32.1. The van der Waals surface area contributed by atoms with Gasteiger partial charge in [-0.3, -0.25) is 19.8 Å². The molecule has 1 saturated heterocycles. The Bertz CT molecular complexity index is 1210. The second-order valence-corrected chi connectivity index (χ2v) is 7.21. The number of rotatable bonds is 4. The lowest BCUT2D eigenvalue weighted by Crippen LogP contribution is -2.54. The number of halogens is 1. The number of benzene rings is 3. The van der Waals surface area contributed by atoms with Gasteiger partial charge in [0.05, 0.1) is 5.69 Å². The summed E-state index contributed by atoms with van der Waals surface area (Å²) in [5, 5.41) is 2.49. The summed E-state index contributed by atoms with van der Waals surface area (Å²) >= 11 is 5.22. The van der Waals surface area contributed by atoms with Gasteiger partial charge in [0.25, 0.3) is 11.8 Å². The zero-order valence-electron chi connectivity index (χ0n) is 16.5. The smallest absolute Gasteiger partial charge is 0.270 e. The van der Waals surface area contributed by atoms with Crippen LogP contribution in [-0.2, 0) is 9.59 Å². The number of hydrogen-bond acceptors (Lipinski definition) is 4. The van der Waals surface area contributed by atoms with Gasteiger partial charge >= 0.3 is 0 Å². The number of nitrogens with one attached hydrogen (secondary N) is 1. The molecular formula is C24H17FN2O3S. The van der Waals surface area contributed by atoms with Crippen molar-refractivity contribution in [3.63, 3.8) is 0 Å². The first-order chi connectivity index (χ1) is 14.9. The van der Waals surface area contributed by atoms with Gasteiger partial charge in [0, 0.05) is 0 Å². The lowest BCUT2D eigenvalue weighted by Gasteiger charge is -2.29. The fourth-order valence-electron chi connectivity index (χ4n) is 3.12. The van der Waals surface area contributed by atoms with Crippen LogP contribution in [0.3, 0.4) is 0 Å². The number of hydrogen-bond donors (Lipinski definition) is 1. The van der Waals surface area contributed by atoms with E-state index in [2.05, 4.69) is 5.32 Å². The van der Waals surface area contributed by atoms with Crippen molar-refractivity contribution in [1.82, 2.24) is 5.32 Å². The van der Waals surface area contributed by atoms with Crippen LogP contribution >= 0.6 is 12.2 Å². The molecular weight excluding hydrogens is 415 g/mol. The highest BCUT2D eigenvalue weighted by Gasteiger charge is 2.34. The second-order valence-electron chi connectivity index (χ2n) is 6.82. The maximum Gasteiger partial charge on any atom is 0.270 e. The van der Waals surface area contributed by atoms with Crippen LogP contribution in [0, 0.1) is 12.7 Å². The largest absolute Gasteiger partial charge is 0.457 e. The maximum absolute atomic E-state index is 13.9. The number of carbonyl (C=O) groups excluding carboxylic acids is 2. The quantitative estimate of drug-likeness (QED) is 0.367. The molecule has 0 spiro atoms. The Morgan fingerprint density at radius 3 is 2.32 bits per heavy atom. The topological polar surface area (TPSA) is 58.6 Å². The van der Waals surface area contributed by atoms with Gasteiger partial charge in [0.1, 0.15) is 22.9 Å². The summed E-state index contributed by atoms with van der Waals surface area (Å²) in [6.07, 6.45) is 1.37. The van der Waals surface area contributed by atoms with E-state index in [0.29, 0.717) is 28.3 Å². The van der Waals surface area contributed by atoms with Gasteiger partial charge in [0.2, 0.25) is 0 Å². The average molecular weight is 432 g/mol. The molecule has 1 aliphatic heterocycles. The summed E-state index contributed by atoms with van der Waals surface area (Å²) in [7, 11) is 0. The van der Waals surface area contributed by atoms with Crippen molar-refractivity contribution in [3.8, 4) is 11.5 Å². The number of para-hydroxylation sites is 1. The summed E-state index contributed by atoms with van der Waals surface area (Å²) < 4.78 is 19.6. The predicted molar refractivity (Wildman–Crippen MR) is 120 cm³/mol. The number of thiocarbonyl (C=S) groups is 1. The molecule has 0 saturated carbocycles. The molecule has 0 bridgehead atoms. The van der Waals surface area contributed by atoms with Crippen LogP contribution in [0.1, 0.15) is 11.1 Å². The van der Waals surface area contributed by atoms with E-state index in [1.165, 1.54) is 23.1 Å². The first kappa shape index (κ1) is 20.4. The molecule has 1 heterocycles. The van der Waals surface area contributed by atoms with Crippen LogP contribution in [0.4, 0.5) is 10.1 Å². The summed E-state index contributed by atoms with van der Waals surface area (Å²) in [5.74, 6) is -0.365. The molecule has 0 radical (unpaired) electrons. The maximum atomic E-state index is 13.9. The van der Waals surface area contributed by atoms with Gasteiger partial charge < -0.3 is 4.74 Å². The van der Waals surface area contributed by atoms with Crippen LogP contribution in [0.5, 0.6) is 11.5 Å². The number of amides is 2. The van der Waals surface area contributed by atoms with Crippen molar-refractivity contribution in [2.75, 3.05) is 4.90 Å². The van der Waals surface area contributed by atoms with E-state index in [4.69, 9.17) is 17.0 Å². The summed E-state index contributed by atoms with van der Waals surface area (Å²) in [4.78, 5) is 26.8. The molecule has 3 aromatic carbocycles. The average Bonchev–Trinajstić information content (AvgIpc) is 2.76. The third-order valence-electron chi connectivity index (χ3n) is 4.78. The minimum absolute atomic E-state index is 0.0279. The molecule has 7 heteroatoms. The van der Waals surface area contributed by atoms with Gasteiger partial charge in [-0.25, -0.2) is 4.39 Å². The van der Waals surface area contributed by atoms with E-state index < -0.39 is 17.6 Å². The van der Waals surface area contributed by atoms with Gasteiger partial charge in [-0.05, 0) is 78.8 Å². The molecule has 154 valence electrons. The molecule has 0 unspecified atom stereocenters. The van der Waals surface area contributed by atoms with Crippen molar-refractivity contribution in [1.29, 1.82) is 0 Å². The van der Waals surface area contributed by atoms with Crippen LogP contribution in [0.25, 0.3) is 6.08 Å². The first-order valence-corrected chi connectivity index (χ1v) is 9.84. The molecule has 1 aliphatic rings. The Morgan fingerprint density at radius 1 is 0.935 bits per heavy atom. The van der Waals surface area contributed by atoms with Crippen LogP contribution in [0.15, 0.2) is 78.4 Å². The number of nitrogens with zero attached hydrogens (tertiary/aromatic N) is 1. The summed E-state index contributed by atoms with van der Waals surface area (Å²) in [5.41, 5.74) is 1.12. The summed E-state index contributed by atoms with van der Waals surface area (Å²) in [6.45, 7) is 1.58. The molecule has 31 heavy (non-hydrogen) atoms. The van der Waals surface area contributed by atoms with Crippen LogP contribution in [-0.4, -0.2) is 16.9 Å². The molecule has 2 amide bonds. The fraction of sp³-hybridized carbons (Fsp3) is 0.0417. The van der Waals surface area contributed by atoms with Crippen molar-refractivity contribution in [2.45, 2.75) is 6.92 Å². The zero-order valence-corrected chi connectivity index (χ0v) is 17.3. The fourth-order valence-corrected chi connectivity index (χ4v) is 3.40. The zero-order chi connectivity index (χ0) is 22.0. The van der Waals surface area contributed by atoms with Gasteiger partial charge in [-0.2, -0.15) is 0 Å². The van der Waals surface area contributed by atoms with Crippen molar-refractivity contribution >= 4 is 40.9 Å². The van der Waals surface area contributed by atoms with E-state index in [0.717, 1.165) is 0 Å². The molecule has 3 aromatic rings. The van der Waals surface area contributed by atoms with Gasteiger partial charge in [-0.15, -0.1) is 0 Å². The number of carbonyl (C=O) groups is 2. The molecule has 5 nitrogen and oxygen atoms in total. The minimum Gasteiger partial charge on any atom is -0.457 e. The standard InChI is InChI=1S/C24H17FN2O3S/c1-15-16(6-5-9-21(15)25)14-20-22(28)26-24(31)27(23(20)29)17-10-12-19(13-11-17)30-18-7-3-2-4-8-18/h2-14H,1H3,(H,26,28,31)/b20-14+. The Balaban J connectivity index is 1.63. The van der Waals surface area contributed by atoms with Crippen molar-refractivity contribution in [2.24, 2.45) is 0 Å². The molecule has 0 aromatic heterocycles. The van der Waals surface area contributed by atoms with E-state index in [1.54, 1.807) is 37.3 Å². The first-order valence-electron chi connectivity index (χ1n) is 9.43. The third-order valence-corrected chi connectivity index (χ3v) is 5.07. The summed E-state index contributed by atoms with van der Waals surface area (Å²) in [6, 6.07) is 20.5. The molecule has 1 fully saturated rings. The Kier molecular flexibility index (Phi) is 5.60.